The summed E-state index contributed by atoms with van der Waals surface area (Å²) in [5, 5.41) is 0. The van der Waals surface area contributed by atoms with Gasteiger partial charge in [0.05, 0.1) is 11.0 Å². The quantitative estimate of drug-likeness (QED) is 0.785. The zero-order valence-electron chi connectivity index (χ0n) is 11.9. The lowest BCUT2D eigenvalue weighted by Gasteiger charge is -2.26. The molecule has 2 atom stereocenters. The van der Waals surface area contributed by atoms with Crippen LogP contribution in [0, 0.1) is 22.4 Å². The fraction of sp³-hybridized carbons (Fsp3) is 0.562. The molecule has 1 aliphatic carbocycles. The van der Waals surface area contributed by atoms with Crippen molar-refractivity contribution in [3.8, 4) is 0 Å². The highest BCUT2D eigenvalue weighted by Gasteiger charge is 2.19. The molecule has 108 valence electrons. The molecule has 1 fully saturated rings. The Morgan fingerprint density at radius 1 is 1.40 bits per heavy atom. The van der Waals surface area contributed by atoms with E-state index in [1.807, 2.05) is 4.57 Å². The first-order valence-corrected chi connectivity index (χ1v) is 7.92. The zero-order chi connectivity index (χ0) is 14.1. The van der Waals surface area contributed by atoms with Gasteiger partial charge in [-0.05, 0) is 55.1 Å². The highest BCUT2D eigenvalue weighted by molar-refractivity contribution is 7.71. The molecule has 1 N–H and O–H groups in total. The molecule has 1 aromatic carbocycles. The number of halogens is 1. The number of nitrogens with zero attached hydrogens (tertiary/aromatic N) is 1. The molecule has 1 aliphatic rings. The van der Waals surface area contributed by atoms with Gasteiger partial charge in [-0.2, -0.15) is 0 Å². The Kier molecular flexibility index (Phi) is 3.92. The van der Waals surface area contributed by atoms with Crippen LogP contribution in [0.25, 0.3) is 11.0 Å². The maximum atomic E-state index is 13.4. The highest BCUT2D eigenvalue weighted by atomic mass is 32.1. The van der Waals surface area contributed by atoms with E-state index in [4.69, 9.17) is 12.2 Å². The molecule has 2 unspecified atom stereocenters. The molecule has 0 aliphatic heterocycles. The number of hydrogen-bond acceptors (Lipinski definition) is 1. The van der Waals surface area contributed by atoms with Crippen molar-refractivity contribution >= 4 is 23.3 Å². The van der Waals surface area contributed by atoms with Gasteiger partial charge in [0.2, 0.25) is 0 Å². The van der Waals surface area contributed by atoms with E-state index in [0.717, 1.165) is 35.8 Å². The molecule has 20 heavy (non-hydrogen) atoms. The Morgan fingerprint density at radius 3 is 3.05 bits per heavy atom. The lowest BCUT2D eigenvalue weighted by Crippen LogP contribution is -2.15. The number of H-pyrrole nitrogens is 1. The largest absolute Gasteiger partial charge is 0.331 e. The van der Waals surface area contributed by atoms with Crippen molar-refractivity contribution in [2.24, 2.45) is 11.8 Å². The van der Waals surface area contributed by atoms with Crippen molar-refractivity contribution in [2.45, 2.75) is 45.6 Å². The van der Waals surface area contributed by atoms with Crippen LogP contribution in [0.1, 0.15) is 39.0 Å². The van der Waals surface area contributed by atoms with Gasteiger partial charge >= 0.3 is 0 Å². The first-order valence-electron chi connectivity index (χ1n) is 7.51. The molecule has 2 nitrogen and oxygen atoms in total. The van der Waals surface area contributed by atoms with E-state index < -0.39 is 0 Å². The number of aromatic amines is 1. The second-order valence-corrected chi connectivity index (χ2v) is 6.56. The highest BCUT2D eigenvalue weighted by Crippen LogP contribution is 2.31. The van der Waals surface area contributed by atoms with Gasteiger partial charge in [-0.25, -0.2) is 4.39 Å². The molecular formula is C16H21FN2S. The first-order chi connectivity index (χ1) is 9.63. The van der Waals surface area contributed by atoms with Gasteiger partial charge in [-0.3, -0.25) is 0 Å². The van der Waals surface area contributed by atoms with Gasteiger partial charge in [0.1, 0.15) is 5.82 Å². The molecule has 1 saturated carbocycles. The van der Waals surface area contributed by atoms with Crippen molar-refractivity contribution in [3.05, 3.63) is 28.8 Å². The van der Waals surface area contributed by atoms with E-state index in [2.05, 4.69) is 11.9 Å². The maximum absolute atomic E-state index is 13.4. The third-order valence-electron chi connectivity index (χ3n) is 4.54. The number of benzene rings is 1. The molecule has 0 spiro atoms. The predicted molar refractivity (Wildman–Crippen MR) is 82.8 cm³/mol. The lowest BCUT2D eigenvalue weighted by atomic mass is 9.81. The summed E-state index contributed by atoms with van der Waals surface area (Å²) in [6.45, 7) is 3.23. The van der Waals surface area contributed by atoms with Crippen molar-refractivity contribution in [2.75, 3.05) is 0 Å². The minimum absolute atomic E-state index is 0.202. The van der Waals surface area contributed by atoms with E-state index in [1.165, 1.54) is 31.7 Å². The Hall–Kier alpha value is -1.16. The molecule has 0 radical (unpaired) electrons. The number of nitrogens with one attached hydrogen (secondary N) is 1. The number of rotatable bonds is 3. The molecule has 0 bridgehead atoms. The Balaban J connectivity index is 1.78. The standard InChI is InChI=1S/C16H21FN2S/c1-11-3-2-4-12(9-11)7-8-19-15-10-13(17)5-6-14(15)18-16(19)20/h5-6,10-12H,2-4,7-9H2,1H3,(H,18,20). The van der Waals surface area contributed by atoms with Crippen LogP contribution in [0.15, 0.2) is 18.2 Å². The predicted octanol–water partition coefficient (Wildman–Crippen LogP) is 5.05. The summed E-state index contributed by atoms with van der Waals surface area (Å²) < 4.78 is 16.2. The normalized spacial score (nSPS) is 23.3. The summed E-state index contributed by atoms with van der Waals surface area (Å²) in [5.41, 5.74) is 1.81. The van der Waals surface area contributed by atoms with Crippen LogP contribution in [0.3, 0.4) is 0 Å². The summed E-state index contributed by atoms with van der Waals surface area (Å²) in [5.74, 6) is 1.44. The second-order valence-electron chi connectivity index (χ2n) is 6.17. The number of hydrogen-bond donors (Lipinski definition) is 1. The van der Waals surface area contributed by atoms with Crippen LogP contribution < -0.4 is 0 Å². The van der Waals surface area contributed by atoms with Gasteiger partial charge in [0, 0.05) is 6.54 Å². The van der Waals surface area contributed by atoms with Crippen molar-refractivity contribution in [1.29, 1.82) is 0 Å². The molecule has 3 rings (SSSR count). The molecule has 1 heterocycles. The number of fused-ring (bicyclic) bond motifs is 1. The van der Waals surface area contributed by atoms with Crippen LogP contribution in [-0.4, -0.2) is 9.55 Å². The van der Waals surface area contributed by atoms with Crippen molar-refractivity contribution in [1.82, 2.24) is 9.55 Å². The van der Waals surface area contributed by atoms with Crippen molar-refractivity contribution < 1.29 is 4.39 Å². The van der Waals surface area contributed by atoms with E-state index in [-0.39, 0.29) is 5.82 Å². The summed E-state index contributed by atoms with van der Waals surface area (Å²) in [4.78, 5) is 3.16. The minimum Gasteiger partial charge on any atom is -0.331 e. The maximum Gasteiger partial charge on any atom is 0.178 e. The van der Waals surface area contributed by atoms with E-state index >= 15 is 0 Å². The molecule has 2 aromatic rings. The first kappa shape index (κ1) is 13.8. The number of imidazole rings is 1. The fourth-order valence-corrected chi connectivity index (χ4v) is 3.78. The summed E-state index contributed by atoms with van der Waals surface area (Å²) in [7, 11) is 0. The lowest BCUT2D eigenvalue weighted by molar-refractivity contribution is 0.261. The van der Waals surface area contributed by atoms with Crippen LogP contribution in [0.2, 0.25) is 0 Å². The third kappa shape index (κ3) is 2.80. The molecule has 0 saturated heterocycles. The van der Waals surface area contributed by atoms with Crippen molar-refractivity contribution in [3.63, 3.8) is 0 Å². The second kappa shape index (κ2) is 5.68. The van der Waals surface area contributed by atoms with Crippen LogP contribution in [-0.2, 0) is 6.54 Å². The van der Waals surface area contributed by atoms with E-state index in [1.54, 1.807) is 12.1 Å². The van der Waals surface area contributed by atoms with Crippen LogP contribution >= 0.6 is 12.2 Å². The summed E-state index contributed by atoms with van der Waals surface area (Å²) in [6.07, 6.45) is 6.51. The Bertz CT molecular complexity index is 658. The van der Waals surface area contributed by atoms with Gasteiger partial charge in [-0.15, -0.1) is 0 Å². The third-order valence-corrected chi connectivity index (χ3v) is 4.87. The zero-order valence-corrected chi connectivity index (χ0v) is 12.7. The van der Waals surface area contributed by atoms with E-state index in [0.29, 0.717) is 4.77 Å². The molecule has 1 aromatic heterocycles. The molecule has 0 amide bonds. The summed E-state index contributed by atoms with van der Waals surface area (Å²) >= 11 is 5.37. The average molecular weight is 292 g/mol. The Labute approximate surface area is 124 Å². The fourth-order valence-electron chi connectivity index (χ4n) is 3.48. The monoisotopic (exact) mass is 292 g/mol. The van der Waals surface area contributed by atoms with Crippen LogP contribution in [0.4, 0.5) is 4.39 Å². The Morgan fingerprint density at radius 2 is 2.25 bits per heavy atom. The SMILES string of the molecule is CC1CCCC(CCn2c(=S)[nH]c3ccc(F)cc32)C1. The van der Waals surface area contributed by atoms with Gasteiger partial charge in [-0.1, -0.05) is 26.2 Å². The smallest absolute Gasteiger partial charge is 0.178 e. The summed E-state index contributed by atoms with van der Waals surface area (Å²) in [6, 6.07) is 4.81. The molecule has 4 heteroatoms. The topological polar surface area (TPSA) is 20.7 Å². The number of aromatic nitrogens is 2. The number of aryl methyl sites for hydroxylation is 1. The minimum atomic E-state index is -0.202. The van der Waals surface area contributed by atoms with Crippen LogP contribution in [0.5, 0.6) is 0 Å². The van der Waals surface area contributed by atoms with Gasteiger partial charge in [0.15, 0.2) is 4.77 Å². The van der Waals surface area contributed by atoms with Gasteiger partial charge in [0.25, 0.3) is 0 Å². The van der Waals surface area contributed by atoms with E-state index in [9.17, 15) is 4.39 Å². The van der Waals surface area contributed by atoms with Gasteiger partial charge < -0.3 is 9.55 Å². The average Bonchev–Trinajstić information content (AvgIpc) is 2.72. The molecular weight excluding hydrogens is 271 g/mol.